The summed E-state index contributed by atoms with van der Waals surface area (Å²) in [6.45, 7) is 0.629. The average molecular weight is 470 g/mol. The zero-order valence-corrected chi connectivity index (χ0v) is 17.8. The molecule has 0 aliphatic heterocycles. The van der Waals surface area contributed by atoms with Gasteiger partial charge in [-0.2, -0.15) is 15.0 Å². The first-order valence-corrected chi connectivity index (χ1v) is 10.3. The molecule has 1 fully saturated rings. The maximum Gasteiger partial charge on any atom is 0.349 e. The lowest BCUT2D eigenvalue weighted by molar-refractivity contribution is 0.627. The van der Waals surface area contributed by atoms with Crippen molar-refractivity contribution in [1.82, 2.24) is 29.1 Å². The van der Waals surface area contributed by atoms with E-state index in [0.29, 0.717) is 29.2 Å². The Morgan fingerprint density at radius 1 is 1.09 bits per heavy atom. The van der Waals surface area contributed by atoms with E-state index in [1.165, 1.54) is 22.9 Å². The first-order valence-electron chi connectivity index (χ1n) is 9.58. The van der Waals surface area contributed by atoms with Crippen molar-refractivity contribution >= 4 is 34.2 Å². The van der Waals surface area contributed by atoms with Crippen LogP contribution in [0.1, 0.15) is 18.5 Å². The summed E-state index contributed by atoms with van der Waals surface area (Å²) in [6.07, 6.45) is 3.79. The lowest BCUT2D eigenvalue weighted by atomic mass is 10.2. The monoisotopic (exact) mass is 469 g/mol. The van der Waals surface area contributed by atoms with Gasteiger partial charge >= 0.3 is 5.69 Å². The van der Waals surface area contributed by atoms with E-state index in [2.05, 4.69) is 10.2 Å². The lowest BCUT2D eigenvalue weighted by Gasteiger charge is -2.12. The molecule has 1 aliphatic carbocycles. The smallest absolute Gasteiger partial charge is 0.305 e. The second-order valence-electron chi connectivity index (χ2n) is 7.44. The Kier molecular flexibility index (Phi) is 4.73. The minimum Gasteiger partial charge on any atom is -0.305 e. The first kappa shape index (κ1) is 20.2. The van der Waals surface area contributed by atoms with E-state index in [1.807, 2.05) is 4.98 Å². The number of rotatable bonds is 4. The van der Waals surface area contributed by atoms with Gasteiger partial charge < -0.3 is 4.57 Å². The van der Waals surface area contributed by atoms with E-state index < -0.39 is 16.9 Å². The Morgan fingerprint density at radius 2 is 1.81 bits per heavy atom. The van der Waals surface area contributed by atoms with Crippen molar-refractivity contribution in [3.8, 4) is 17.4 Å². The molecule has 12 heteroatoms. The van der Waals surface area contributed by atoms with E-state index in [-0.39, 0.29) is 21.3 Å². The molecule has 0 atom stereocenters. The van der Waals surface area contributed by atoms with Crippen LogP contribution in [-0.2, 0) is 6.54 Å². The van der Waals surface area contributed by atoms with Gasteiger partial charge in [-0.3, -0.25) is 14.6 Å². The molecule has 0 bridgehead atoms. The van der Waals surface area contributed by atoms with Gasteiger partial charge in [0.05, 0.1) is 33.0 Å². The highest BCUT2D eigenvalue weighted by atomic mass is 35.5. The summed E-state index contributed by atoms with van der Waals surface area (Å²) in [7, 11) is 0. The van der Waals surface area contributed by atoms with Gasteiger partial charge in [-0.1, -0.05) is 23.2 Å². The van der Waals surface area contributed by atoms with E-state index >= 15 is 0 Å². The Bertz CT molecular complexity index is 1600. The molecule has 0 unspecified atom stereocenters. The number of nitrogens with zero attached hydrogens (tertiary/aromatic N) is 6. The standard InChI is InChI=1S/C20H13Cl2N7O3/c21-12-5-11(28-20(32)25-19(31)14(7-23)26-28)6-13(22)18(12)29-15-3-4-17(30)27(9-10-1-2-10)16(15)8-24-29/h3-6,8,10H,1-2,9H2,(H,25,31,32). The zero-order chi connectivity index (χ0) is 22.6. The summed E-state index contributed by atoms with van der Waals surface area (Å²) in [5.74, 6) is 0.495. The van der Waals surface area contributed by atoms with Gasteiger partial charge in [0.15, 0.2) is 0 Å². The molecule has 32 heavy (non-hydrogen) atoms. The van der Waals surface area contributed by atoms with Crippen LogP contribution in [0.25, 0.3) is 22.4 Å². The fraction of sp³-hybridized carbons (Fsp3) is 0.200. The van der Waals surface area contributed by atoms with Crippen molar-refractivity contribution in [2.45, 2.75) is 19.4 Å². The highest BCUT2D eigenvalue weighted by Crippen LogP contribution is 2.34. The van der Waals surface area contributed by atoms with Crippen LogP contribution in [0, 0.1) is 17.2 Å². The van der Waals surface area contributed by atoms with Crippen molar-refractivity contribution < 1.29 is 0 Å². The quantitative estimate of drug-likeness (QED) is 0.486. The van der Waals surface area contributed by atoms with Gasteiger partial charge in [0.25, 0.3) is 11.1 Å². The molecule has 4 aromatic rings. The fourth-order valence-electron chi connectivity index (χ4n) is 3.52. The van der Waals surface area contributed by atoms with E-state index in [9.17, 15) is 14.4 Å². The van der Waals surface area contributed by atoms with Crippen molar-refractivity contribution in [3.63, 3.8) is 0 Å². The Hall–Kier alpha value is -3.68. The van der Waals surface area contributed by atoms with Crippen LogP contribution in [0.4, 0.5) is 0 Å². The third-order valence-electron chi connectivity index (χ3n) is 5.26. The van der Waals surface area contributed by atoms with E-state index in [0.717, 1.165) is 17.5 Å². The number of nitriles is 1. The average Bonchev–Trinajstić information content (AvgIpc) is 3.47. The minimum absolute atomic E-state index is 0.103. The van der Waals surface area contributed by atoms with Crippen molar-refractivity contribution in [2.24, 2.45) is 5.92 Å². The molecular weight excluding hydrogens is 457 g/mol. The van der Waals surface area contributed by atoms with Gasteiger partial charge in [0, 0.05) is 12.6 Å². The number of nitrogens with one attached hydrogen (secondary N) is 1. The minimum atomic E-state index is -0.886. The molecule has 0 saturated heterocycles. The molecule has 160 valence electrons. The molecule has 3 heterocycles. The molecule has 3 aromatic heterocycles. The van der Waals surface area contributed by atoms with E-state index in [4.69, 9.17) is 28.5 Å². The Labute approximate surface area is 188 Å². The summed E-state index contributed by atoms with van der Waals surface area (Å²) < 4.78 is 4.05. The maximum atomic E-state index is 12.4. The van der Waals surface area contributed by atoms with Crippen molar-refractivity contribution in [2.75, 3.05) is 0 Å². The first-order chi connectivity index (χ1) is 15.4. The summed E-state index contributed by atoms with van der Waals surface area (Å²) in [6, 6.07) is 7.60. The highest BCUT2D eigenvalue weighted by Gasteiger charge is 2.24. The second-order valence-corrected chi connectivity index (χ2v) is 8.26. The van der Waals surface area contributed by atoms with Crippen molar-refractivity contribution in [3.05, 3.63) is 77.4 Å². The number of pyridine rings is 1. The van der Waals surface area contributed by atoms with Crippen LogP contribution in [0.3, 0.4) is 0 Å². The van der Waals surface area contributed by atoms with Crippen LogP contribution in [0.15, 0.2) is 44.8 Å². The molecule has 1 aliphatic rings. The predicted molar refractivity (Wildman–Crippen MR) is 117 cm³/mol. The summed E-state index contributed by atoms with van der Waals surface area (Å²) in [4.78, 5) is 38.2. The third-order valence-corrected chi connectivity index (χ3v) is 5.83. The summed E-state index contributed by atoms with van der Waals surface area (Å²) in [5, 5.41) is 17.5. The molecule has 1 saturated carbocycles. The Balaban J connectivity index is 1.66. The molecule has 0 radical (unpaired) electrons. The number of H-pyrrole nitrogens is 1. The number of aromatic nitrogens is 6. The zero-order valence-electron chi connectivity index (χ0n) is 16.2. The second kappa shape index (κ2) is 7.47. The van der Waals surface area contributed by atoms with Crippen LogP contribution >= 0.6 is 23.2 Å². The van der Waals surface area contributed by atoms with Crippen LogP contribution in [-0.4, -0.2) is 29.1 Å². The van der Waals surface area contributed by atoms with Gasteiger partial charge in [0.1, 0.15) is 11.8 Å². The number of hydrogen-bond acceptors (Lipinski definition) is 6. The number of fused-ring (bicyclic) bond motifs is 1. The molecule has 10 nitrogen and oxygen atoms in total. The highest BCUT2D eigenvalue weighted by molar-refractivity contribution is 6.38. The maximum absolute atomic E-state index is 12.4. The fourth-order valence-corrected chi connectivity index (χ4v) is 4.16. The number of aromatic amines is 1. The van der Waals surface area contributed by atoms with Crippen molar-refractivity contribution in [1.29, 1.82) is 5.26 Å². The van der Waals surface area contributed by atoms with Gasteiger partial charge in [-0.25, -0.2) is 9.48 Å². The van der Waals surface area contributed by atoms with Gasteiger partial charge in [-0.05, 0) is 37.0 Å². The lowest BCUT2D eigenvalue weighted by Crippen LogP contribution is -2.33. The third kappa shape index (κ3) is 3.32. The van der Waals surface area contributed by atoms with E-state index in [1.54, 1.807) is 22.9 Å². The summed E-state index contributed by atoms with van der Waals surface area (Å²) >= 11 is 13.0. The van der Waals surface area contributed by atoms with Crippen LogP contribution < -0.4 is 16.8 Å². The Morgan fingerprint density at radius 3 is 2.47 bits per heavy atom. The van der Waals surface area contributed by atoms with Crippen LogP contribution in [0.5, 0.6) is 0 Å². The summed E-state index contributed by atoms with van der Waals surface area (Å²) in [5.41, 5.74) is -0.498. The predicted octanol–water partition coefficient (Wildman–Crippen LogP) is 2.01. The van der Waals surface area contributed by atoms with Crippen LogP contribution in [0.2, 0.25) is 10.0 Å². The number of halogens is 2. The number of hydrogen-bond donors (Lipinski definition) is 1. The molecule has 0 spiro atoms. The molecule has 1 N–H and O–H groups in total. The number of benzene rings is 1. The molecular formula is C20H13Cl2N7O3. The topological polar surface area (TPSA) is 131 Å². The normalized spacial score (nSPS) is 13.4. The molecule has 0 amide bonds. The van der Waals surface area contributed by atoms with Gasteiger partial charge in [-0.15, -0.1) is 5.10 Å². The van der Waals surface area contributed by atoms with Gasteiger partial charge in [0.2, 0.25) is 5.69 Å². The molecule has 1 aromatic carbocycles. The largest absolute Gasteiger partial charge is 0.349 e. The molecule has 5 rings (SSSR count). The SMILES string of the molecule is N#Cc1nn(-c2cc(Cl)c(-n3ncc4c3ccc(=O)n4CC3CC3)c(Cl)c2)c(=O)[nH]c1=O.